The first-order chi connectivity index (χ1) is 13.0. The normalized spacial score (nSPS) is 16.3. The van der Waals surface area contributed by atoms with Crippen molar-refractivity contribution in [3.63, 3.8) is 0 Å². The van der Waals surface area contributed by atoms with Gasteiger partial charge in [0.1, 0.15) is 6.54 Å². The molecule has 2 amide bonds. The maximum absolute atomic E-state index is 12.6. The summed E-state index contributed by atoms with van der Waals surface area (Å²) in [6.07, 6.45) is 0.375. The SMILES string of the molecule is COC(=O)c1ccc(NC(=O)CN2C(=O)CC(C)Sc3ccccc32)cc1. The summed E-state index contributed by atoms with van der Waals surface area (Å²) in [5.74, 6) is -0.814. The molecular formula is C20H20N2O4S. The van der Waals surface area contributed by atoms with Gasteiger partial charge >= 0.3 is 5.97 Å². The van der Waals surface area contributed by atoms with Crippen molar-refractivity contribution >= 4 is 40.9 Å². The molecule has 0 radical (unpaired) electrons. The van der Waals surface area contributed by atoms with Crippen LogP contribution in [0.2, 0.25) is 0 Å². The number of rotatable bonds is 4. The zero-order valence-corrected chi connectivity index (χ0v) is 15.9. The van der Waals surface area contributed by atoms with E-state index in [4.69, 9.17) is 0 Å². The van der Waals surface area contributed by atoms with Crippen LogP contribution in [0.1, 0.15) is 23.7 Å². The summed E-state index contributed by atoms with van der Waals surface area (Å²) in [5, 5.41) is 2.92. The number of nitrogens with zero attached hydrogens (tertiary/aromatic N) is 1. The van der Waals surface area contributed by atoms with E-state index in [2.05, 4.69) is 10.1 Å². The second-order valence-corrected chi connectivity index (χ2v) is 7.68. The molecule has 1 unspecified atom stereocenters. The van der Waals surface area contributed by atoms with Crippen LogP contribution in [0.5, 0.6) is 0 Å². The maximum Gasteiger partial charge on any atom is 0.337 e. The average Bonchev–Trinajstić information content (AvgIpc) is 2.77. The Morgan fingerprint density at radius 3 is 2.59 bits per heavy atom. The fraction of sp³-hybridized carbons (Fsp3) is 0.250. The molecule has 3 rings (SSSR count). The molecule has 1 heterocycles. The minimum atomic E-state index is -0.439. The third-order valence-corrected chi connectivity index (χ3v) is 5.31. The Morgan fingerprint density at radius 2 is 1.89 bits per heavy atom. The Bertz CT molecular complexity index is 867. The van der Waals surface area contributed by atoms with Crippen LogP contribution in [0.25, 0.3) is 0 Å². The summed E-state index contributed by atoms with van der Waals surface area (Å²) >= 11 is 1.64. The zero-order valence-electron chi connectivity index (χ0n) is 15.1. The van der Waals surface area contributed by atoms with E-state index in [1.165, 1.54) is 12.0 Å². The lowest BCUT2D eigenvalue weighted by Crippen LogP contribution is -2.38. The molecule has 1 N–H and O–H groups in total. The molecule has 0 fully saturated rings. The number of thioether (sulfide) groups is 1. The van der Waals surface area contributed by atoms with Gasteiger partial charge in [0.05, 0.1) is 18.4 Å². The largest absolute Gasteiger partial charge is 0.465 e. The van der Waals surface area contributed by atoms with Gasteiger partial charge in [0.2, 0.25) is 11.8 Å². The standard InChI is InChI=1S/C20H20N2O4S/c1-13-11-19(24)22(16-5-3-4-6-17(16)27-13)12-18(23)21-15-9-7-14(8-10-15)20(25)26-2/h3-10,13H,11-12H2,1-2H3,(H,21,23). The molecule has 6 nitrogen and oxygen atoms in total. The number of nitrogens with one attached hydrogen (secondary N) is 1. The zero-order chi connectivity index (χ0) is 19.4. The molecule has 0 bridgehead atoms. The molecule has 140 valence electrons. The number of hydrogen-bond donors (Lipinski definition) is 1. The quantitative estimate of drug-likeness (QED) is 0.819. The minimum Gasteiger partial charge on any atom is -0.465 e. The molecule has 0 aliphatic carbocycles. The van der Waals surface area contributed by atoms with Gasteiger partial charge in [0.15, 0.2) is 0 Å². The molecule has 0 saturated heterocycles. The van der Waals surface area contributed by atoms with Crippen molar-refractivity contribution in [2.24, 2.45) is 0 Å². The number of fused-ring (bicyclic) bond motifs is 1. The van der Waals surface area contributed by atoms with Gasteiger partial charge in [-0.2, -0.15) is 0 Å². The Labute approximate surface area is 161 Å². The maximum atomic E-state index is 12.6. The fourth-order valence-electron chi connectivity index (χ4n) is 2.85. The van der Waals surface area contributed by atoms with Crippen molar-refractivity contribution in [1.82, 2.24) is 0 Å². The van der Waals surface area contributed by atoms with E-state index in [0.29, 0.717) is 17.7 Å². The second kappa shape index (κ2) is 8.26. The van der Waals surface area contributed by atoms with Crippen molar-refractivity contribution in [3.8, 4) is 0 Å². The topological polar surface area (TPSA) is 75.7 Å². The average molecular weight is 384 g/mol. The highest BCUT2D eigenvalue weighted by molar-refractivity contribution is 8.00. The van der Waals surface area contributed by atoms with Gasteiger partial charge in [-0.25, -0.2) is 4.79 Å². The predicted octanol–water partition coefficient (Wildman–Crippen LogP) is 3.33. The van der Waals surface area contributed by atoms with E-state index in [0.717, 1.165) is 10.6 Å². The number of anilines is 2. The number of esters is 1. The highest BCUT2D eigenvalue weighted by atomic mass is 32.2. The van der Waals surface area contributed by atoms with Gasteiger partial charge in [-0.1, -0.05) is 19.1 Å². The first-order valence-electron chi connectivity index (χ1n) is 8.52. The van der Waals surface area contributed by atoms with Gasteiger partial charge in [-0.15, -0.1) is 11.8 Å². The number of hydrogen-bond acceptors (Lipinski definition) is 5. The number of carbonyl (C=O) groups excluding carboxylic acids is 3. The van der Waals surface area contributed by atoms with Crippen molar-refractivity contribution < 1.29 is 19.1 Å². The van der Waals surface area contributed by atoms with E-state index >= 15 is 0 Å². The molecule has 0 spiro atoms. The summed E-state index contributed by atoms with van der Waals surface area (Å²) in [5.41, 5.74) is 1.71. The van der Waals surface area contributed by atoms with Crippen LogP contribution in [0.4, 0.5) is 11.4 Å². The number of para-hydroxylation sites is 1. The Kier molecular flexibility index (Phi) is 5.81. The number of carbonyl (C=O) groups is 3. The monoisotopic (exact) mass is 384 g/mol. The van der Waals surface area contributed by atoms with E-state index in [-0.39, 0.29) is 23.6 Å². The van der Waals surface area contributed by atoms with E-state index in [9.17, 15) is 14.4 Å². The fourth-order valence-corrected chi connectivity index (χ4v) is 3.97. The van der Waals surface area contributed by atoms with Gasteiger partial charge in [-0.05, 0) is 36.4 Å². The van der Waals surface area contributed by atoms with Crippen LogP contribution in [0.15, 0.2) is 53.4 Å². The molecule has 0 saturated carbocycles. The predicted molar refractivity (Wildman–Crippen MR) is 105 cm³/mol. The second-order valence-electron chi connectivity index (χ2n) is 6.20. The van der Waals surface area contributed by atoms with Crippen LogP contribution < -0.4 is 10.2 Å². The highest BCUT2D eigenvalue weighted by Crippen LogP contribution is 2.37. The number of methoxy groups -OCH3 is 1. The van der Waals surface area contributed by atoms with E-state index in [1.54, 1.807) is 36.0 Å². The van der Waals surface area contributed by atoms with Gasteiger partial charge in [-0.3, -0.25) is 9.59 Å². The van der Waals surface area contributed by atoms with Crippen LogP contribution >= 0.6 is 11.8 Å². The van der Waals surface area contributed by atoms with Gasteiger partial charge < -0.3 is 15.0 Å². The van der Waals surface area contributed by atoms with Crippen molar-refractivity contribution in [3.05, 3.63) is 54.1 Å². The molecule has 27 heavy (non-hydrogen) atoms. The lowest BCUT2D eigenvalue weighted by atomic mass is 10.2. The highest BCUT2D eigenvalue weighted by Gasteiger charge is 2.27. The molecule has 7 heteroatoms. The van der Waals surface area contributed by atoms with Crippen LogP contribution in [0, 0.1) is 0 Å². The number of ether oxygens (including phenoxy) is 1. The molecule has 0 aromatic heterocycles. The first-order valence-corrected chi connectivity index (χ1v) is 9.40. The summed E-state index contributed by atoms with van der Waals surface area (Å²) in [4.78, 5) is 39.1. The number of amides is 2. The summed E-state index contributed by atoms with van der Waals surface area (Å²) in [7, 11) is 1.31. The first kappa shape index (κ1) is 19.0. The Balaban J connectivity index is 1.73. The number of benzene rings is 2. The van der Waals surface area contributed by atoms with Gasteiger partial charge in [0, 0.05) is 22.3 Å². The van der Waals surface area contributed by atoms with Crippen molar-refractivity contribution in [2.75, 3.05) is 23.9 Å². The van der Waals surface area contributed by atoms with E-state index < -0.39 is 5.97 Å². The molecule has 2 aromatic carbocycles. The molecule has 2 aromatic rings. The third kappa shape index (κ3) is 4.49. The smallest absolute Gasteiger partial charge is 0.337 e. The summed E-state index contributed by atoms with van der Waals surface area (Å²) in [6, 6.07) is 14.0. The van der Waals surface area contributed by atoms with Crippen molar-refractivity contribution in [2.45, 2.75) is 23.5 Å². The van der Waals surface area contributed by atoms with Crippen LogP contribution in [-0.4, -0.2) is 36.7 Å². The third-order valence-electron chi connectivity index (χ3n) is 4.14. The lowest BCUT2D eigenvalue weighted by molar-refractivity contribution is -0.121. The summed E-state index contributed by atoms with van der Waals surface area (Å²) in [6.45, 7) is 1.94. The minimum absolute atomic E-state index is 0.0676. The molecular weight excluding hydrogens is 364 g/mol. The van der Waals surface area contributed by atoms with Crippen LogP contribution in [0.3, 0.4) is 0 Å². The van der Waals surface area contributed by atoms with Crippen LogP contribution in [-0.2, 0) is 14.3 Å². The Hall–Kier alpha value is -2.80. The molecule has 1 aliphatic rings. The van der Waals surface area contributed by atoms with Crippen molar-refractivity contribution in [1.29, 1.82) is 0 Å². The molecule has 1 atom stereocenters. The van der Waals surface area contributed by atoms with E-state index in [1.807, 2.05) is 31.2 Å². The van der Waals surface area contributed by atoms with Gasteiger partial charge in [0.25, 0.3) is 0 Å². The molecule has 1 aliphatic heterocycles. The Morgan fingerprint density at radius 1 is 1.19 bits per heavy atom. The lowest BCUT2D eigenvalue weighted by Gasteiger charge is -2.22. The summed E-state index contributed by atoms with van der Waals surface area (Å²) < 4.78 is 4.65.